The van der Waals surface area contributed by atoms with Gasteiger partial charge in [0.15, 0.2) is 12.4 Å². The standard InChI is InChI=1S/C22H20ClNO4S/c1-3-18-12-19(21(26)14-4-8-16(27-2)9-5-14)22(29-18)24-20(25)13-28-17-10-6-15(23)7-11-17/h4-12H,3,13H2,1-2H3,(H,24,25). The second kappa shape index (κ2) is 9.58. The van der Waals surface area contributed by atoms with Crippen LogP contribution in [0.3, 0.4) is 0 Å². The van der Waals surface area contributed by atoms with Gasteiger partial charge >= 0.3 is 0 Å². The largest absolute Gasteiger partial charge is 0.497 e. The molecule has 0 aliphatic heterocycles. The minimum atomic E-state index is -0.340. The number of nitrogens with one attached hydrogen (secondary N) is 1. The average Bonchev–Trinajstić information content (AvgIpc) is 3.15. The molecule has 7 heteroatoms. The zero-order valence-electron chi connectivity index (χ0n) is 16.0. The Bertz CT molecular complexity index is 997. The molecule has 0 unspecified atom stereocenters. The van der Waals surface area contributed by atoms with Gasteiger partial charge in [-0.25, -0.2) is 0 Å². The summed E-state index contributed by atoms with van der Waals surface area (Å²) >= 11 is 7.23. The van der Waals surface area contributed by atoms with E-state index in [9.17, 15) is 9.59 Å². The Kier molecular flexibility index (Phi) is 6.90. The molecule has 1 aromatic heterocycles. The van der Waals surface area contributed by atoms with Gasteiger partial charge in [-0.05, 0) is 61.0 Å². The predicted molar refractivity (Wildman–Crippen MR) is 116 cm³/mol. The van der Waals surface area contributed by atoms with Gasteiger partial charge in [0.25, 0.3) is 5.91 Å². The molecular weight excluding hydrogens is 410 g/mol. The Morgan fingerprint density at radius 3 is 2.31 bits per heavy atom. The molecular formula is C22H20ClNO4S. The maximum absolute atomic E-state index is 13.0. The molecule has 5 nitrogen and oxygen atoms in total. The fourth-order valence-corrected chi connectivity index (χ4v) is 3.75. The van der Waals surface area contributed by atoms with Gasteiger partial charge in [-0.15, -0.1) is 11.3 Å². The van der Waals surface area contributed by atoms with E-state index in [4.69, 9.17) is 21.1 Å². The van der Waals surface area contributed by atoms with Gasteiger partial charge in [0.1, 0.15) is 16.5 Å². The average molecular weight is 430 g/mol. The normalized spacial score (nSPS) is 10.4. The summed E-state index contributed by atoms with van der Waals surface area (Å²) in [6, 6.07) is 15.5. The molecule has 0 atom stereocenters. The van der Waals surface area contributed by atoms with Crippen LogP contribution in [0.1, 0.15) is 27.7 Å². The van der Waals surface area contributed by atoms with Crippen LogP contribution in [0.4, 0.5) is 5.00 Å². The number of carbonyl (C=O) groups is 2. The van der Waals surface area contributed by atoms with E-state index >= 15 is 0 Å². The maximum atomic E-state index is 13.0. The van der Waals surface area contributed by atoms with E-state index in [1.54, 1.807) is 55.6 Å². The van der Waals surface area contributed by atoms with Crippen LogP contribution in [0.25, 0.3) is 0 Å². The van der Waals surface area contributed by atoms with Crippen LogP contribution in [0.15, 0.2) is 54.6 Å². The van der Waals surface area contributed by atoms with Crippen LogP contribution in [-0.2, 0) is 11.2 Å². The van der Waals surface area contributed by atoms with Gasteiger partial charge in [0.05, 0.1) is 12.7 Å². The topological polar surface area (TPSA) is 64.6 Å². The molecule has 0 saturated carbocycles. The Morgan fingerprint density at radius 1 is 1.03 bits per heavy atom. The first-order valence-electron chi connectivity index (χ1n) is 8.99. The van der Waals surface area contributed by atoms with Crippen LogP contribution >= 0.6 is 22.9 Å². The molecule has 2 aromatic carbocycles. The van der Waals surface area contributed by atoms with Crippen molar-refractivity contribution >= 4 is 39.6 Å². The highest BCUT2D eigenvalue weighted by atomic mass is 35.5. The summed E-state index contributed by atoms with van der Waals surface area (Å²) in [6.45, 7) is 1.83. The molecule has 1 N–H and O–H groups in total. The minimum absolute atomic E-state index is 0.155. The molecule has 1 amide bonds. The third-order valence-corrected chi connectivity index (χ3v) is 5.61. The lowest BCUT2D eigenvalue weighted by molar-refractivity contribution is -0.118. The summed E-state index contributed by atoms with van der Waals surface area (Å²) in [6.07, 6.45) is 0.769. The molecule has 150 valence electrons. The number of ketones is 1. The van der Waals surface area contributed by atoms with Crippen molar-refractivity contribution in [2.75, 3.05) is 19.0 Å². The smallest absolute Gasteiger partial charge is 0.262 e. The van der Waals surface area contributed by atoms with Gasteiger partial charge in [-0.2, -0.15) is 0 Å². The summed E-state index contributed by atoms with van der Waals surface area (Å²) in [5, 5.41) is 3.92. The van der Waals surface area contributed by atoms with Crippen LogP contribution in [-0.4, -0.2) is 25.4 Å². The number of amides is 1. The molecule has 0 fully saturated rings. The summed E-state index contributed by atoms with van der Waals surface area (Å²) in [7, 11) is 1.57. The van der Waals surface area contributed by atoms with Gasteiger partial charge in [-0.3, -0.25) is 9.59 Å². The fraction of sp³-hybridized carbons (Fsp3) is 0.182. The fourth-order valence-electron chi connectivity index (χ4n) is 2.62. The first-order chi connectivity index (χ1) is 14.0. The molecule has 0 saturated heterocycles. The number of thiophene rings is 1. The minimum Gasteiger partial charge on any atom is -0.497 e. The quantitative estimate of drug-likeness (QED) is 0.498. The number of halogens is 1. The molecule has 1 heterocycles. The number of carbonyl (C=O) groups excluding carboxylic acids is 2. The molecule has 0 spiro atoms. The van der Waals surface area contributed by atoms with Crippen molar-refractivity contribution in [2.45, 2.75) is 13.3 Å². The van der Waals surface area contributed by atoms with Gasteiger partial charge < -0.3 is 14.8 Å². The third kappa shape index (κ3) is 5.37. The van der Waals surface area contributed by atoms with Crippen molar-refractivity contribution in [3.8, 4) is 11.5 Å². The second-order valence-corrected chi connectivity index (χ2v) is 7.73. The van der Waals surface area contributed by atoms with E-state index in [1.807, 2.05) is 13.0 Å². The van der Waals surface area contributed by atoms with E-state index in [0.29, 0.717) is 32.6 Å². The lowest BCUT2D eigenvalue weighted by atomic mass is 10.0. The Hall–Kier alpha value is -2.83. The van der Waals surface area contributed by atoms with Gasteiger partial charge in [0, 0.05) is 15.5 Å². The number of rotatable bonds is 8. The maximum Gasteiger partial charge on any atom is 0.262 e. The zero-order valence-corrected chi connectivity index (χ0v) is 17.6. The Labute approximate surface area is 178 Å². The summed E-state index contributed by atoms with van der Waals surface area (Å²) in [4.78, 5) is 26.3. The van der Waals surface area contributed by atoms with E-state index < -0.39 is 0 Å². The molecule has 3 rings (SSSR count). The highest BCUT2D eigenvalue weighted by Crippen LogP contribution is 2.31. The SMILES string of the molecule is CCc1cc(C(=O)c2ccc(OC)cc2)c(NC(=O)COc2ccc(Cl)cc2)s1. The third-order valence-electron chi connectivity index (χ3n) is 4.16. The number of benzene rings is 2. The molecule has 0 radical (unpaired) electrons. The molecule has 0 aliphatic rings. The number of hydrogen-bond acceptors (Lipinski definition) is 5. The van der Waals surface area contributed by atoms with Crippen molar-refractivity contribution in [1.29, 1.82) is 0 Å². The summed E-state index contributed by atoms with van der Waals surface area (Å²) < 4.78 is 10.6. The predicted octanol–water partition coefficient (Wildman–Crippen LogP) is 5.22. The summed E-state index contributed by atoms with van der Waals surface area (Å²) in [5.41, 5.74) is 0.996. The van der Waals surface area contributed by atoms with Crippen LogP contribution in [0.2, 0.25) is 5.02 Å². The molecule has 0 bridgehead atoms. The van der Waals surface area contributed by atoms with Crippen molar-refractivity contribution < 1.29 is 19.1 Å². The Morgan fingerprint density at radius 2 is 1.69 bits per heavy atom. The molecule has 3 aromatic rings. The molecule has 29 heavy (non-hydrogen) atoms. The second-order valence-electron chi connectivity index (χ2n) is 6.16. The Balaban J connectivity index is 1.72. The van der Waals surface area contributed by atoms with Gasteiger partial charge in [0.2, 0.25) is 0 Å². The highest BCUT2D eigenvalue weighted by molar-refractivity contribution is 7.16. The van der Waals surface area contributed by atoms with Crippen LogP contribution < -0.4 is 14.8 Å². The van der Waals surface area contributed by atoms with Crippen molar-refractivity contribution in [1.82, 2.24) is 0 Å². The number of hydrogen-bond donors (Lipinski definition) is 1. The zero-order chi connectivity index (χ0) is 20.8. The van der Waals surface area contributed by atoms with Crippen LogP contribution in [0.5, 0.6) is 11.5 Å². The summed E-state index contributed by atoms with van der Waals surface area (Å²) in [5.74, 6) is 0.722. The first-order valence-corrected chi connectivity index (χ1v) is 10.2. The lowest BCUT2D eigenvalue weighted by Gasteiger charge is -2.08. The van der Waals surface area contributed by atoms with E-state index in [2.05, 4.69) is 5.32 Å². The number of aryl methyl sites for hydroxylation is 1. The number of anilines is 1. The first kappa shape index (κ1) is 20.9. The molecule has 0 aliphatic carbocycles. The lowest BCUT2D eigenvalue weighted by Crippen LogP contribution is -2.20. The number of ether oxygens (including phenoxy) is 2. The number of methoxy groups -OCH3 is 1. The monoisotopic (exact) mass is 429 g/mol. The van der Waals surface area contributed by atoms with Crippen molar-refractivity contribution in [3.05, 3.63) is 75.6 Å². The van der Waals surface area contributed by atoms with Crippen molar-refractivity contribution in [3.63, 3.8) is 0 Å². The van der Waals surface area contributed by atoms with E-state index in [0.717, 1.165) is 11.3 Å². The van der Waals surface area contributed by atoms with Crippen molar-refractivity contribution in [2.24, 2.45) is 0 Å². The highest BCUT2D eigenvalue weighted by Gasteiger charge is 2.19. The van der Waals surface area contributed by atoms with Crippen LogP contribution in [0, 0.1) is 0 Å². The van der Waals surface area contributed by atoms with E-state index in [-0.39, 0.29) is 18.3 Å². The van der Waals surface area contributed by atoms with Gasteiger partial charge in [-0.1, -0.05) is 18.5 Å². The van der Waals surface area contributed by atoms with E-state index in [1.165, 1.54) is 11.3 Å².